The Morgan fingerprint density at radius 1 is 1.28 bits per heavy atom. The highest BCUT2D eigenvalue weighted by Crippen LogP contribution is 2.16. The molecule has 2 rings (SSSR count). The first kappa shape index (κ1) is 12.9. The van der Waals surface area contributed by atoms with Crippen LogP contribution in [0.3, 0.4) is 0 Å². The van der Waals surface area contributed by atoms with Crippen LogP contribution in [0.25, 0.3) is 0 Å². The van der Waals surface area contributed by atoms with E-state index in [2.05, 4.69) is 12.0 Å². The third-order valence-corrected chi connectivity index (χ3v) is 3.44. The van der Waals surface area contributed by atoms with Crippen LogP contribution >= 0.6 is 11.8 Å². The Kier molecular flexibility index (Phi) is 4.20. The summed E-state index contributed by atoms with van der Waals surface area (Å²) >= 11 is 1.67. The molecule has 18 heavy (non-hydrogen) atoms. The Morgan fingerprint density at radius 2 is 2.00 bits per heavy atom. The van der Waals surface area contributed by atoms with Gasteiger partial charge < -0.3 is 0 Å². The van der Waals surface area contributed by atoms with Gasteiger partial charge in [0.25, 0.3) is 0 Å². The van der Waals surface area contributed by atoms with Crippen molar-refractivity contribution in [3.63, 3.8) is 0 Å². The zero-order chi connectivity index (χ0) is 13.0. The molecule has 1 aromatic carbocycles. The number of aryl methyl sites for hydroxylation is 1. The van der Waals surface area contributed by atoms with Gasteiger partial charge in [0.05, 0.1) is 11.8 Å². The average Bonchev–Trinajstić information content (AvgIpc) is 2.87. The fourth-order valence-electron chi connectivity index (χ4n) is 1.74. The van der Waals surface area contributed by atoms with Crippen molar-refractivity contribution in [1.29, 1.82) is 0 Å². The van der Waals surface area contributed by atoms with E-state index in [0.29, 0.717) is 11.1 Å². The van der Waals surface area contributed by atoms with Crippen molar-refractivity contribution in [2.45, 2.75) is 24.8 Å². The van der Waals surface area contributed by atoms with Crippen molar-refractivity contribution < 1.29 is 4.79 Å². The van der Waals surface area contributed by atoms with Crippen LogP contribution in [0.1, 0.15) is 29.3 Å². The number of ketones is 1. The molecule has 0 atom stereocenters. The highest BCUT2D eigenvalue weighted by Gasteiger charge is 2.11. The SMILES string of the molecule is CCCn1cc(C(=O)c2ccc(SC)cc2)cn1. The van der Waals surface area contributed by atoms with Crippen molar-refractivity contribution in [3.8, 4) is 0 Å². The average molecular weight is 260 g/mol. The monoisotopic (exact) mass is 260 g/mol. The van der Waals surface area contributed by atoms with E-state index in [-0.39, 0.29) is 5.78 Å². The number of carbonyl (C=O) groups is 1. The molecule has 0 saturated heterocycles. The molecule has 0 N–H and O–H groups in total. The van der Waals surface area contributed by atoms with Crippen LogP contribution in [0.2, 0.25) is 0 Å². The van der Waals surface area contributed by atoms with Crippen LogP contribution in [-0.4, -0.2) is 21.8 Å². The summed E-state index contributed by atoms with van der Waals surface area (Å²) in [7, 11) is 0. The molecule has 0 spiro atoms. The molecule has 1 aromatic heterocycles. The Morgan fingerprint density at radius 3 is 2.61 bits per heavy atom. The molecular formula is C14H16N2OS. The Labute approximate surface area is 111 Å². The summed E-state index contributed by atoms with van der Waals surface area (Å²) in [6.45, 7) is 2.93. The van der Waals surface area contributed by atoms with Crippen LogP contribution in [0.4, 0.5) is 0 Å². The lowest BCUT2D eigenvalue weighted by Crippen LogP contribution is -2.00. The largest absolute Gasteiger partial charge is 0.288 e. The molecule has 0 aliphatic carbocycles. The molecule has 94 valence electrons. The van der Waals surface area contributed by atoms with Crippen LogP contribution in [0.5, 0.6) is 0 Å². The minimum absolute atomic E-state index is 0.0324. The molecule has 0 fully saturated rings. The molecule has 0 unspecified atom stereocenters. The standard InChI is InChI=1S/C14H16N2OS/c1-3-8-16-10-12(9-15-16)14(17)11-4-6-13(18-2)7-5-11/h4-7,9-10H,3,8H2,1-2H3. The molecule has 4 heteroatoms. The normalized spacial score (nSPS) is 10.6. The Bertz CT molecular complexity index is 531. The van der Waals surface area contributed by atoms with Gasteiger partial charge in [-0.25, -0.2) is 0 Å². The summed E-state index contributed by atoms with van der Waals surface area (Å²) in [5.74, 6) is 0.0324. The van der Waals surface area contributed by atoms with E-state index in [0.717, 1.165) is 17.9 Å². The second-order valence-electron chi connectivity index (χ2n) is 4.05. The van der Waals surface area contributed by atoms with E-state index in [1.807, 2.05) is 41.4 Å². The highest BCUT2D eigenvalue weighted by atomic mass is 32.2. The van der Waals surface area contributed by atoms with Gasteiger partial charge in [0.1, 0.15) is 0 Å². The maximum atomic E-state index is 12.2. The van der Waals surface area contributed by atoms with E-state index >= 15 is 0 Å². The second-order valence-corrected chi connectivity index (χ2v) is 4.93. The summed E-state index contributed by atoms with van der Waals surface area (Å²) in [4.78, 5) is 13.4. The lowest BCUT2D eigenvalue weighted by Gasteiger charge is -2.00. The van der Waals surface area contributed by atoms with Crippen molar-refractivity contribution >= 4 is 17.5 Å². The maximum Gasteiger partial charge on any atom is 0.196 e. The number of hydrogen-bond acceptors (Lipinski definition) is 3. The predicted octanol–water partition coefficient (Wildman–Crippen LogP) is 3.25. The smallest absolute Gasteiger partial charge is 0.196 e. The first-order valence-corrected chi connectivity index (χ1v) is 7.18. The van der Waals surface area contributed by atoms with E-state index in [1.165, 1.54) is 0 Å². The molecule has 0 saturated carbocycles. The number of carbonyl (C=O) groups excluding carboxylic acids is 1. The van der Waals surface area contributed by atoms with Crippen molar-refractivity contribution in [1.82, 2.24) is 9.78 Å². The van der Waals surface area contributed by atoms with Crippen LogP contribution in [0.15, 0.2) is 41.6 Å². The van der Waals surface area contributed by atoms with Gasteiger partial charge in [-0.2, -0.15) is 5.10 Å². The van der Waals surface area contributed by atoms with Crippen LogP contribution < -0.4 is 0 Å². The van der Waals surface area contributed by atoms with E-state index in [1.54, 1.807) is 18.0 Å². The number of nitrogens with zero attached hydrogens (tertiary/aromatic N) is 2. The van der Waals surface area contributed by atoms with Crippen LogP contribution in [0, 0.1) is 0 Å². The lowest BCUT2D eigenvalue weighted by atomic mass is 10.1. The first-order valence-electron chi connectivity index (χ1n) is 5.95. The minimum atomic E-state index is 0.0324. The van der Waals surface area contributed by atoms with Crippen molar-refractivity contribution in [3.05, 3.63) is 47.8 Å². The van der Waals surface area contributed by atoms with Gasteiger partial charge in [-0.05, 0) is 36.9 Å². The van der Waals surface area contributed by atoms with Gasteiger partial charge in [0, 0.05) is 23.2 Å². The number of aromatic nitrogens is 2. The summed E-state index contributed by atoms with van der Waals surface area (Å²) in [6.07, 6.45) is 6.48. The van der Waals surface area contributed by atoms with E-state index < -0.39 is 0 Å². The number of thioether (sulfide) groups is 1. The summed E-state index contributed by atoms with van der Waals surface area (Å²) < 4.78 is 1.81. The third-order valence-electron chi connectivity index (χ3n) is 2.70. The zero-order valence-corrected chi connectivity index (χ0v) is 11.4. The first-order chi connectivity index (χ1) is 8.74. The van der Waals surface area contributed by atoms with Gasteiger partial charge in [0.2, 0.25) is 0 Å². The summed E-state index contributed by atoms with van der Waals surface area (Å²) in [5, 5.41) is 4.18. The van der Waals surface area contributed by atoms with Crippen molar-refractivity contribution in [2.24, 2.45) is 0 Å². The van der Waals surface area contributed by atoms with E-state index in [9.17, 15) is 4.79 Å². The molecule has 0 aliphatic heterocycles. The van der Waals surface area contributed by atoms with Gasteiger partial charge in [-0.1, -0.05) is 6.92 Å². The predicted molar refractivity (Wildman–Crippen MR) is 74.2 cm³/mol. The molecule has 2 aromatic rings. The number of hydrogen-bond donors (Lipinski definition) is 0. The Hall–Kier alpha value is -1.55. The van der Waals surface area contributed by atoms with Gasteiger partial charge in [-0.15, -0.1) is 11.8 Å². The number of benzene rings is 1. The molecule has 3 nitrogen and oxygen atoms in total. The van der Waals surface area contributed by atoms with Crippen molar-refractivity contribution in [2.75, 3.05) is 6.26 Å². The topological polar surface area (TPSA) is 34.9 Å². The fourth-order valence-corrected chi connectivity index (χ4v) is 2.15. The molecule has 0 radical (unpaired) electrons. The molecule has 0 aliphatic rings. The van der Waals surface area contributed by atoms with E-state index in [4.69, 9.17) is 0 Å². The van der Waals surface area contributed by atoms with Gasteiger partial charge in [-0.3, -0.25) is 9.48 Å². The zero-order valence-electron chi connectivity index (χ0n) is 10.6. The molecule has 0 amide bonds. The lowest BCUT2D eigenvalue weighted by molar-refractivity contribution is 0.103. The maximum absolute atomic E-state index is 12.2. The summed E-state index contributed by atoms with van der Waals surface area (Å²) in [5.41, 5.74) is 1.37. The minimum Gasteiger partial charge on any atom is -0.288 e. The molecule has 1 heterocycles. The molecular weight excluding hydrogens is 244 g/mol. The van der Waals surface area contributed by atoms with Crippen LogP contribution in [-0.2, 0) is 6.54 Å². The van der Waals surface area contributed by atoms with Gasteiger partial charge in [0.15, 0.2) is 5.78 Å². The third kappa shape index (κ3) is 2.82. The quantitative estimate of drug-likeness (QED) is 0.611. The fraction of sp³-hybridized carbons (Fsp3) is 0.286. The summed E-state index contributed by atoms with van der Waals surface area (Å²) in [6, 6.07) is 7.67. The highest BCUT2D eigenvalue weighted by molar-refractivity contribution is 7.98. The molecule has 0 bridgehead atoms. The second kappa shape index (κ2) is 5.87. The Balaban J connectivity index is 2.18. The number of rotatable bonds is 5. The van der Waals surface area contributed by atoms with Gasteiger partial charge >= 0.3 is 0 Å².